The van der Waals surface area contributed by atoms with Crippen LogP contribution < -0.4 is 15.0 Å². The molecule has 0 aliphatic carbocycles. The molecule has 0 saturated carbocycles. The van der Waals surface area contributed by atoms with Gasteiger partial charge in [0, 0.05) is 12.7 Å². The summed E-state index contributed by atoms with van der Waals surface area (Å²) in [6.07, 6.45) is -4.21. The molecule has 2 aromatic rings. The van der Waals surface area contributed by atoms with Gasteiger partial charge in [0.05, 0.1) is 13.2 Å². The van der Waals surface area contributed by atoms with Gasteiger partial charge in [-0.3, -0.25) is 9.69 Å². The van der Waals surface area contributed by atoms with E-state index in [1.165, 1.54) is 37.6 Å². The average molecular weight is 465 g/mol. The van der Waals surface area contributed by atoms with E-state index in [4.69, 9.17) is 9.47 Å². The second kappa shape index (κ2) is 9.29. The fourth-order valence-electron chi connectivity index (χ4n) is 3.67. The topological polar surface area (TPSA) is 80.8 Å². The SMILES string of the molecule is COc1ccc(C(NC(=O)OC(C)(C)C)C(C(=O)N2CCc3cccnc32)C(F)(F)F)cc1. The molecule has 1 N–H and O–H groups in total. The van der Waals surface area contributed by atoms with Crippen LogP contribution in [-0.2, 0) is 16.0 Å². The van der Waals surface area contributed by atoms with Crippen molar-refractivity contribution in [1.29, 1.82) is 0 Å². The van der Waals surface area contributed by atoms with Crippen molar-refractivity contribution < 1.29 is 32.2 Å². The lowest BCUT2D eigenvalue weighted by atomic mass is 9.91. The summed E-state index contributed by atoms with van der Waals surface area (Å²) in [6, 6.07) is 7.33. The van der Waals surface area contributed by atoms with Crippen LogP contribution in [0.1, 0.15) is 37.9 Å². The predicted octanol–water partition coefficient (Wildman–Crippen LogP) is 4.42. The van der Waals surface area contributed by atoms with Crippen molar-refractivity contribution in [3.63, 3.8) is 0 Å². The molecule has 10 heteroatoms. The highest BCUT2D eigenvalue weighted by atomic mass is 19.4. The lowest BCUT2D eigenvalue weighted by molar-refractivity contribution is -0.187. The number of amides is 2. The maximum Gasteiger partial charge on any atom is 0.408 e. The molecular formula is C23H26F3N3O4. The van der Waals surface area contributed by atoms with Crippen LogP contribution in [0.4, 0.5) is 23.8 Å². The number of hydrogen-bond acceptors (Lipinski definition) is 5. The maximum atomic E-state index is 14.4. The summed E-state index contributed by atoms with van der Waals surface area (Å²) in [4.78, 5) is 30.9. The number of alkyl carbamates (subject to hydrolysis) is 1. The number of alkyl halides is 3. The Labute approximate surface area is 189 Å². The average Bonchev–Trinajstić information content (AvgIpc) is 3.15. The number of carbonyl (C=O) groups is 2. The van der Waals surface area contributed by atoms with Gasteiger partial charge in [-0.15, -0.1) is 0 Å². The Morgan fingerprint density at radius 1 is 1.12 bits per heavy atom. The largest absolute Gasteiger partial charge is 0.497 e. The van der Waals surface area contributed by atoms with Gasteiger partial charge >= 0.3 is 12.3 Å². The van der Waals surface area contributed by atoms with Crippen molar-refractivity contribution in [1.82, 2.24) is 10.3 Å². The normalized spacial score (nSPS) is 15.4. The fourth-order valence-corrected chi connectivity index (χ4v) is 3.67. The van der Waals surface area contributed by atoms with E-state index in [0.717, 1.165) is 4.90 Å². The third-order valence-corrected chi connectivity index (χ3v) is 5.09. The van der Waals surface area contributed by atoms with Crippen LogP contribution in [0.2, 0.25) is 0 Å². The minimum atomic E-state index is -4.96. The molecule has 3 rings (SSSR count). The molecular weight excluding hydrogens is 439 g/mol. The van der Waals surface area contributed by atoms with E-state index in [0.29, 0.717) is 17.7 Å². The number of aromatic nitrogens is 1. The van der Waals surface area contributed by atoms with Gasteiger partial charge in [-0.05, 0) is 56.5 Å². The molecule has 1 aliphatic heterocycles. The van der Waals surface area contributed by atoms with Crippen molar-refractivity contribution in [2.75, 3.05) is 18.6 Å². The van der Waals surface area contributed by atoms with E-state index in [1.54, 1.807) is 32.9 Å². The maximum absolute atomic E-state index is 14.4. The lowest BCUT2D eigenvalue weighted by Gasteiger charge is -2.32. The van der Waals surface area contributed by atoms with Gasteiger partial charge < -0.3 is 14.8 Å². The molecule has 2 unspecified atom stereocenters. The summed E-state index contributed by atoms with van der Waals surface area (Å²) in [6.45, 7) is 4.84. The zero-order valence-corrected chi connectivity index (χ0v) is 18.8. The Balaban J connectivity index is 2.02. The van der Waals surface area contributed by atoms with Crippen LogP contribution in [0.3, 0.4) is 0 Å². The van der Waals surface area contributed by atoms with Crippen LogP contribution in [0.5, 0.6) is 5.75 Å². The summed E-state index contributed by atoms with van der Waals surface area (Å²) in [5.74, 6) is -3.15. The molecule has 33 heavy (non-hydrogen) atoms. The standard InChI is InChI=1S/C23H26F3N3O4/c1-22(2,3)33-21(31)28-18(14-7-9-16(32-4)10-8-14)17(23(24,25)26)20(30)29-13-11-15-6-5-12-27-19(15)29/h5-10,12,17-18H,11,13H2,1-4H3,(H,28,31). The van der Waals surface area contributed by atoms with Gasteiger partial charge in [0.15, 0.2) is 5.92 Å². The molecule has 0 spiro atoms. The number of halogens is 3. The number of nitrogens with zero attached hydrogens (tertiary/aromatic N) is 2. The molecule has 0 radical (unpaired) electrons. The molecule has 0 fully saturated rings. The van der Waals surface area contributed by atoms with E-state index in [9.17, 15) is 22.8 Å². The molecule has 7 nitrogen and oxygen atoms in total. The number of fused-ring (bicyclic) bond motifs is 1. The first-order valence-corrected chi connectivity index (χ1v) is 10.4. The number of pyridine rings is 1. The van der Waals surface area contributed by atoms with Crippen LogP contribution in [0.25, 0.3) is 0 Å². The van der Waals surface area contributed by atoms with E-state index < -0.39 is 35.7 Å². The quantitative estimate of drug-likeness (QED) is 0.707. The zero-order valence-electron chi connectivity index (χ0n) is 18.8. The zero-order chi connectivity index (χ0) is 24.4. The van der Waals surface area contributed by atoms with Gasteiger partial charge in [-0.2, -0.15) is 13.2 Å². The first-order valence-electron chi connectivity index (χ1n) is 10.4. The lowest BCUT2D eigenvalue weighted by Crippen LogP contribution is -2.50. The molecule has 2 amide bonds. The van der Waals surface area contributed by atoms with Crippen LogP contribution in [0, 0.1) is 5.92 Å². The monoisotopic (exact) mass is 465 g/mol. The molecule has 2 heterocycles. The van der Waals surface area contributed by atoms with E-state index >= 15 is 0 Å². The number of carbonyl (C=O) groups excluding carboxylic acids is 2. The minimum Gasteiger partial charge on any atom is -0.497 e. The van der Waals surface area contributed by atoms with Gasteiger partial charge in [0.25, 0.3) is 0 Å². The van der Waals surface area contributed by atoms with Crippen LogP contribution in [0.15, 0.2) is 42.6 Å². The summed E-state index contributed by atoms with van der Waals surface area (Å²) in [5, 5.41) is 2.27. The third kappa shape index (κ3) is 5.74. The highest BCUT2D eigenvalue weighted by Gasteiger charge is 2.53. The van der Waals surface area contributed by atoms with Crippen molar-refractivity contribution in [3.05, 3.63) is 53.7 Å². The number of rotatable bonds is 5. The summed E-state index contributed by atoms with van der Waals surface area (Å²) < 4.78 is 53.4. The van der Waals surface area contributed by atoms with Crippen molar-refractivity contribution in [2.45, 2.75) is 45.0 Å². The molecule has 1 aliphatic rings. The Kier molecular flexibility index (Phi) is 6.85. The van der Waals surface area contributed by atoms with Crippen molar-refractivity contribution in [2.24, 2.45) is 5.92 Å². The molecule has 0 bridgehead atoms. The Hall–Kier alpha value is -3.30. The minimum absolute atomic E-state index is 0.0690. The second-order valence-corrected chi connectivity index (χ2v) is 8.64. The number of anilines is 1. The summed E-state index contributed by atoms with van der Waals surface area (Å²) >= 11 is 0. The number of hydrogen-bond donors (Lipinski definition) is 1. The Morgan fingerprint density at radius 2 is 1.79 bits per heavy atom. The number of benzene rings is 1. The molecule has 1 aromatic heterocycles. The van der Waals surface area contributed by atoms with Gasteiger partial charge in [-0.25, -0.2) is 9.78 Å². The summed E-state index contributed by atoms with van der Waals surface area (Å²) in [7, 11) is 1.42. The molecule has 1 aromatic carbocycles. The molecule has 178 valence electrons. The highest BCUT2D eigenvalue weighted by Crippen LogP contribution is 2.40. The first-order chi connectivity index (χ1) is 15.4. The van der Waals surface area contributed by atoms with E-state index in [2.05, 4.69) is 10.3 Å². The fraction of sp³-hybridized carbons (Fsp3) is 0.435. The number of nitrogens with one attached hydrogen (secondary N) is 1. The smallest absolute Gasteiger partial charge is 0.408 e. The summed E-state index contributed by atoms with van der Waals surface area (Å²) in [5.41, 5.74) is -0.171. The van der Waals surface area contributed by atoms with Crippen LogP contribution >= 0.6 is 0 Å². The highest BCUT2D eigenvalue weighted by molar-refractivity contribution is 5.97. The van der Waals surface area contributed by atoms with E-state index in [1.807, 2.05) is 0 Å². The van der Waals surface area contributed by atoms with Gasteiger partial charge in [-0.1, -0.05) is 18.2 Å². The van der Waals surface area contributed by atoms with Gasteiger partial charge in [0.1, 0.15) is 17.2 Å². The number of methoxy groups -OCH3 is 1. The number of ether oxygens (including phenoxy) is 2. The Morgan fingerprint density at radius 3 is 2.36 bits per heavy atom. The molecule has 2 atom stereocenters. The first kappa shape index (κ1) is 24.3. The van der Waals surface area contributed by atoms with Crippen LogP contribution in [-0.4, -0.2) is 42.4 Å². The molecule has 0 saturated heterocycles. The van der Waals surface area contributed by atoms with Crippen molar-refractivity contribution >= 4 is 17.8 Å². The third-order valence-electron chi connectivity index (χ3n) is 5.09. The second-order valence-electron chi connectivity index (χ2n) is 8.64. The van der Waals surface area contributed by atoms with Gasteiger partial charge in [0.2, 0.25) is 5.91 Å². The van der Waals surface area contributed by atoms with E-state index in [-0.39, 0.29) is 17.9 Å². The Bertz CT molecular complexity index is 1000. The predicted molar refractivity (Wildman–Crippen MR) is 115 cm³/mol. The van der Waals surface area contributed by atoms with Crippen molar-refractivity contribution in [3.8, 4) is 5.75 Å².